The summed E-state index contributed by atoms with van der Waals surface area (Å²) in [6.45, 7) is 3.09. The van der Waals surface area contributed by atoms with Gasteiger partial charge in [0.05, 0.1) is 0 Å². The van der Waals surface area contributed by atoms with Crippen LogP contribution in [-0.4, -0.2) is 24.5 Å². The Kier molecular flexibility index (Phi) is 4.34. The predicted octanol–water partition coefficient (Wildman–Crippen LogP) is 3.72. The maximum atomic E-state index is 6.09. The fraction of sp³-hybridized carbons (Fsp3) is 0.444. The Morgan fingerprint density at radius 2 is 1.60 bits per heavy atom. The molecule has 2 N–H and O–H groups in total. The minimum Gasteiger partial charge on any atom is -0.329 e. The number of hydrogen-bond acceptors (Lipinski definition) is 2. The van der Waals surface area contributed by atoms with Crippen LogP contribution in [0.1, 0.15) is 37.3 Å². The molecule has 0 amide bonds. The smallest absolute Gasteiger partial charge is 0.0470 e. The molecule has 3 rings (SSSR count). The minimum atomic E-state index is 0.373. The summed E-state index contributed by atoms with van der Waals surface area (Å²) in [6.07, 6.45) is 5.35. The van der Waals surface area contributed by atoms with Crippen LogP contribution in [0.5, 0.6) is 0 Å². The van der Waals surface area contributed by atoms with E-state index < -0.39 is 0 Å². The maximum Gasteiger partial charge on any atom is 0.0470 e. The third kappa shape index (κ3) is 2.87. The molecule has 2 aromatic rings. The second-order valence-electron chi connectivity index (χ2n) is 5.81. The molecule has 2 nitrogen and oxygen atoms in total. The van der Waals surface area contributed by atoms with Gasteiger partial charge in [-0.15, -0.1) is 0 Å². The minimum absolute atomic E-state index is 0.373. The van der Waals surface area contributed by atoms with Gasteiger partial charge >= 0.3 is 0 Å². The van der Waals surface area contributed by atoms with Crippen molar-refractivity contribution in [3.05, 3.63) is 48.0 Å². The molecule has 1 saturated heterocycles. The topological polar surface area (TPSA) is 29.3 Å². The van der Waals surface area contributed by atoms with E-state index in [1.165, 1.54) is 55.1 Å². The summed E-state index contributed by atoms with van der Waals surface area (Å²) in [5.74, 6) is 0. The molecule has 20 heavy (non-hydrogen) atoms. The Balaban J connectivity index is 1.89. The van der Waals surface area contributed by atoms with Crippen LogP contribution >= 0.6 is 0 Å². The van der Waals surface area contributed by atoms with Gasteiger partial charge in [0, 0.05) is 12.6 Å². The van der Waals surface area contributed by atoms with Gasteiger partial charge in [-0.2, -0.15) is 0 Å². The molecule has 2 aromatic carbocycles. The zero-order valence-electron chi connectivity index (χ0n) is 12.1. The van der Waals surface area contributed by atoms with Gasteiger partial charge in [0.25, 0.3) is 0 Å². The van der Waals surface area contributed by atoms with Gasteiger partial charge in [-0.05, 0) is 48.3 Å². The predicted molar refractivity (Wildman–Crippen MR) is 85.8 cm³/mol. The van der Waals surface area contributed by atoms with E-state index in [9.17, 15) is 0 Å². The van der Waals surface area contributed by atoms with Crippen molar-refractivity contribution < 1.29 is 0 Å². The highest BCUT2D eigenvalue weighted by Gasteiger charge is 2.20. The van der Waals surface area contributed by atoms with Gasteiger partial charge < -0.3 is 5.73 Å². The third-order valence-electron chi connectivity index (χ3n) is 4.46. The number of fused-ring (bicyclic) bond motifs is 1. The molecular weight excluding hydrogens is 244 g/mol. The van der Waals surface area contributed by atoms with Crippen molar-refractivity contribution >= 4 is 10.8 Å². The van der Waals surface area contributed by atoms with E-state index in [-0.39, 0.29) is 0 Å². The Labute approximate surface area is 121 Å². The second-order valence-corrected chi connectivity index (χ2v) is 5.81. The molecule has 106 valence electrons. The van der Waals surface area contributed by atoms with Crippen molar-refractivity contribution in [1.82, 2.24) is 4.90 Å². The number of hydrogen-bond donors (Lipinski definition) is 1. The van der Waals surface area contributed by atoms with Crippen molar-refractivity contribution in [3.8, 4) is 0 Å². The first-order valence-electron chi connectivity index (χ1n) is 7.81. The number of nitrogens with zero attached hydrogens (tertiary/aromatic N) is 1. The van der Waals surface area contributed by atoms with E-state index in [0.29, 0.717) is 12.6 Å². The molecule has 0 spiro atoms. The largest absolute Gasteiger partial charge is 0.329 e. The monoisotopic (exact) mass is 268 g/mol. The second kappa shape index (κ2) is 6.38. The van der Waals surface area contributed by atoms with Crippen molar-refractivity contribution in [2.24, 2.45) is 5.73 Å². The van der Waals surface area contributed by atoms with Gasteiger partial charge in [-0.3, -0.25) is 4.90 Å². The van der Waals surface area contributed by atoms with E-state index in [2.05, 4.69) is 47.4 Å². The molecule has 0 aromatic heterocycles. The lowest BCUT2D eigenvalue weighted by molar-refractivity contribution is 0.210. The lowest BCUT2D eigenvalue weighted by atomic mass is 10.0. The molecule has 1 unspecified atom stereocenters. The van der Waals surface area contributed by atoms with Crippen molar-refractivity contribution in [3.63, 3.8) is 0 Å². The first-order chi connectivity index (χ1) is 9.88. The van der Waals surface area contributed by atoms with Crippen LogP contribution in [0.15, 0.2) is 42.5 Å². The van der Waals surface area contributed by atoms with Crippen LogP contribution in [0.25, 0.3) is 10.8 Å². The quantitative estimate of drug-likeness (QED) is 0.919. The van der Waals surface area contributed by atoms with Crippen LogP contribution < -0.4 is 5.73 Å². The Hall–Kier alpha value is -1.38. The standard InChI is InChI=1S/C18H24N2/c19-14-18(20-11-5-1-2-6-12-20)17-10-9-15-7-3-4-8-16(15)13-17/h3-4,7-10,13,18H,1-2,5-6,11-12,14,19H2. The molecular formula is C18H24N2. The normalized spacial score (nSPS) is 18.9. The average molecular weight is 268 g/mol. The van der Waals surface area contributed by atoms with Crippen molar-refractivity contribution in [1.29, 1.82) is 0 Å². The average Bonchev–Trinajstić information content (AvgIpc) is 2.77. The summed E-state index contributed by atoms with van der Waals surface area (Å²) < 4.78 is 0. The van der Waals surface area contributed by atoms with Gasteiger partial charge in [-0.25, -0.2) is 0 Å². The molecule has 1 heterocycles. The summed E-state index contributed by atoms with van der Waals surface area (Å²) in [4.78, 5) is 2.58. The molecule has 0 radical (unpaired) electrons. The molecule has 0 bridgehead atoms. The van der Waals surface area contributed by atoms with Crippen molar-refractivity contribution in [2.45, 2.75) is 31.7 Å². The van der Waals surface area contributed by atoms with Crippen molar-refractivity contribution in [2.75, 3.05) is 19.6 Å². The summed E-state index contributed by atoms with van der Waals surface area (Å²) in [6, 6.07) is 15.7. The lowest BCUT2D eigenvalue weighted by Gasteiger charge is -2.30. The van der Waals surface area contributed by atoms with E-state index >= 15 is 0 Å². The number of benzene rings is 2. The molecule has 1 fully saturated rings. The Bertz CT molecular complexity index is 556. The van der Waals surface area contributed by atoms with Gasteiger partial charge in [0.15, 0.2) is 0 Å². The summed E-state index contributed by atoms with van der Waals surface area (Å²) >= 11 is 0. The molecule has 0 saturated carbocycles. The molecule has 0 aliphatic carbocycles. The van der Waals surface area contributed by atoms with E-state index in [1.807, 2.05) is 0 Å². The zero-order valence-corrected chi connectivity index (χ0v) is 12.1. The molecule has 1 aliphatic rings. The maximum absolute atomic E-state index is 6.09. The zero-order chi connectivity index (χ0) is 13.8. The Morgan fingerprint density at radius 3 is 2.30 bits per heavy atom. The highest BCUT2D eigenvalue weighted by Crippen LogP contribution is 2.26. The van der Waals surface area contributed by atoms with Gasteiger partial charge in [-0.1, -0.05) is 49.2 Å². The SMILES string of the molecule is NCC(c1ccc2ccccc2c1)N1CCCCCC1. The third-order valence-corrected chi connectivity index (χ3v) is 4.46. The fourth-order valence-electron chi connectivity index (χ4n) is 3.32. The van der Waals surface area contributed by atoms with Crippen LogP contribution in [0.3, 0.4) is 0 Å². The highest BCUT2D eigenvalue weighted by molar-refractivity contribution is 5.83. The fourth-order valence-corrected chi connectivity index (χ4v) is 3.32. The summed E-state index contributed by atoms with van der Waals surface area (Å²) in [5, 5.41) is 2.63. The molecule has 1 aliphatic heterocycles. The highest BCUT2D eigenvalue weighted by atomic mass is 15.2. The first-order valence-corrected chi connectivity index (χ1v) is 7.81. The van der Waals surface area contributed by atoms with Crippen LogP contribution in [0.2, 0.25) is 0 Å². The summed E-state index contributed by atoms with van der Waals surface area (Å²) in [7, 11) is 0. The van der Waals surface area contributed by atoms with Crippen LogP contribution in [-0.2, 0) is 0 Å². The van der Waals surface area contributed by atoms with E-state index in [4.69, 9.17) is 5.73 Å². The molecule has 2 heteroatoms. The number of rotatable bonds is 3. The van der Waals surface area contributed by atoms with Gasteiger partial charge in [0.2, 0.25) is 0 Å². The summed E-state index contributed by atoms with van der Waals surface area (Å²) in [5.41, 5.74) is 7.46. The number of likely N-dealkylation sites (tertiary alicyclic amines) is 1. The number of nitrogens with two attached hydrogens (primary N) is 1. The first kappa shape index (κ1) is 13.6. The van der Waals surface area contributed by atoms with Gasteiger partial charge in [0.1, 0.15) is 0 Å². The van der Waals surface area contributed by atoms with E-state index in [1.54, 1.807) is 0 Å². The lowest BCUT2D eigenvalue weighted by Crippen LogP contribution is -2.34. The van der Waals surface area contributed by atoms with E-state index in [0.717, 1.165) is 0 Å². The van der Waals surface area contributed by atoms with Crippen LogP contribution in [0.4, 0.5) is 0 Å². The molecule has 1 atom stereocenters. The Morgan fingerprint density at radius 1 is 0.900 bits per heavy atom. The van der Waals surface area contributed by atoms with Crippen LogP contribution in [0, 0.1) is 0 Å².